The number of amides is 1. The number of likely N-dealkylation sites (tertiary alicyclic amines) is 1. The molecule has 0 bridgehead atoms. The van der Waals surface area contributed by atoms with Gasteiger partial charge in [-0.3, -0.25) is 4.79 Å². The van der Waals surface area contributed by atoms with E-state index in [0.29, 0.717) is 24.7 Å². The van der Waals surface area contributed by atoms with Crippen LogP contribution in [0.25, 0.3) is 0 Å². The third kappa shape index (κ3) is 3.28. The normalized spacial score (nSPS) is 19.1. The molecule has 1 aliphatic heterocycles. The Morgan fingerprint density at radius 3 is 2.95 bits per heavy atom. The van der Waals surface area contributed by atoms with Crippen LogP contribution in [-0.2, 0) is 0 Å². The van der Waals surface area contributed by atoms with Crippen molar-refractivity contribution < 1.29 is 9.18 Å². The molecule has 1 amide bonds. The van der Waals surface area contributed by atoms with Crippen molar-refractivity contribution in [3.05, 3.63) is 29.6 Å². The first-order valence-electron chi connectivity index (χ1n) is 7.14. The molecule has 1 heterocycles. The van der Waals surface area contributed by atoms with E-state index in [0.717, 1.165) is 13.0 Å². The van der Waals surface area contributed by atoms with Crippen LogP contribution in [0, 0.1) is 5.82 Å². The molecule has 5 heteroatoms. The van der Waals surface area contributed by atoms with Gasteiger partial charge in [0.15, 0.2) is 0 Å². The molecule has 1 unspecified atom stereocenters. The van der Waals surface area contributed by atoms with Crippen molar-refractivity contribution in [3.63, 3.8) is 0 Å². The zero-order valence-corrected chi connectivity index (χ0v) is 12.1. The number of carbonyl (C=O) groups excluding carboxylic acids is 1. The lowest BCUT2D eigenvalue weighted by atomic mass is 10.1. The monoisotopic (exact) mass is 279 g/mol. The molecule has 4 nitrogen and oxygen atoms in total. The minimum Gasteiger partial charge on any atom is -0.382 e. The average Bonchev–Trinajstić information content (AvgIpc) is 2.84. The van der Waals surface area contributed by atoms with Gasteiger partial charge in [-0.05, 0) is 45.5 Å². The Balaban J connectivity index is 2.03. The van der Waals surface area contributed by atoms with Crippen LogP contribution in [0.5, 0.6) is 0 Å². The van der Waals surface area contributed by atoms with Gasteiger partial charge in [0.2, 0.25) is 0 Å². The summed E-state index contributed by atoms with van der Waals surface area (Å²) in [6.07, 6.45) is 2.26. The third-order valence-electron chi connectivity index (χ3n) is 3.78. The predicted molar refractivity (Wildman–Crippen MR) is 78.5 cm³/mol. The summed E-state index contributed by atoms with van der Waals surface area (Å²) in [5.41, 5.74) is 0.653. The summed E-state index contributed by atoms with van der Waals surface area (Å²) >= 11 is 0. The highest BCUT2D eigenvalue weighted by molar-refractivity contribution is 5.99. The van der Waals surface area contributed by atoms with E-state index in [9.17, 15) is 9.18 Å². The van der Waals surface area contributed by atoms with Gasteiger partial charge in [-0.2, -0.15) is 0 Å². The van der Waals surface area contributed by atoms with E-state index in [-0.39, 0.29) is 11.6 Å². The Hall–Kier alpha value is -1.62. The average molecular weight is 279 g/mol. The summed E-state index contributed by atoms with van der Waals surface area (Å²) in [5, 5.41) is 5.83. The minimum atomic E-state index is -0.391. The molecule has 1 atom stereocenters. The van der Waals surface area contributed by atoms with Crippen molar-refractivity contribution in [2.24, 2.45) is 0 Å². The number of nitrogens with one attached hydrogen (secondary N) is 2. The molecule has 0 aliphatic carbocycles. The lowest BCUT2D eigenvalue weighted by Gasteiger charge is -2.20. The minimum absolute atomic E-state index is 0.222. The third-order valence-corrected chi connectivity index (χ3v) is 3.78. The lowest BCUT2D eigenvalue weighted by molar-refractivity contribution is 0.0944. The molecular weight excluding hydrogens is 257 g/mol. The number of rotatable bonds is 5. The molecule has 0 radical (unpaired) electrons. The van der Waals surface area contributed by atoms with E-state index >= 15 is 0 Å². The van der Waals surface area contributed by atoms with Crippen molar-refractivity contribution in [1.29, 1.82) is 0 Å². The molecule has 1 fully saturated rings. The first kappa shape index (κ1) is 14.8. The molecule has 2 N–H and O–H groups in total. The van der Waals surface area contributed by atoms with Gasteiger partial charge >= 0.3 is 0 Å². The molecule has 20 heavy (non-hydrogen) atoms. The smallest absolute Gasteiger partial charge is 0.253 e. The first-order chi connectivity index (χ1) is 9.63. The molecular formula is C15H22FN3O. The van der Waals surface area contributed by atoms with Crippen molar-refractivity contribution >= 4 is 11.6 Å². The number of benzene rings is 1. The van der Waals surface area contributed by atoms with E-state index in [1.165, 1.54) is 12.5 Å². The highest BCUT2D eigenvalue weighted by atomic mass is 19.1. The van der Waals surface area contributed by atoms with E-state index in [1.54, 1.807) is 12.1 Å². The van der Waals surface area contributed by atoms with Gasteiger partial charge in [-0.25, -0.2) is 4.39 Å². The maximum Gasteiger partial charge on any atom is 0.253 e. The highest BCUT2D eigenvalue weighted by Crippen LogP contribution is 2.20. The van der Waals surface area contributed by atoms with E-state index < -0.39 is 5.82 Å². The van der Waals surface area contributed by atoms with Crippen molar-refractivity contribution in [2.45, 2.75) is 25.8 Å². The maximum atomic E-state index is 13.7. The summed E-state index contributed by atoms with van der Waals surface area (Å²) in [4.78, 5) is 14.5. The van der Waals surface area contributed by atoms with Gasteiger partial charge in [-0.15, -0.1) is 0 Å². The largest absolute Gasteiger partial charge is 0.382 e. The first-order valence-corrected chi connectivity index (χ1v) is 7.14. The van der Waals surface area contributed by atoms with Crippen LogP contribution in [0.15, 0.2) is 18.2 Å². The second-order valence-electron chi connectivity index (χ2n) is 5.18. The summed E-state index contributed by atoms with van der Waals surface area (Å²) < 4.78 is 13.7. The Morgan fingerprint density at radius 1 is 1.50 bits per heavy atom. The Labute approximate surface area is 119 Å². The van der Waals surface area contributed by atoms with Gasteiger partial charge in [0, 0.05) is 19.1 Å². The van der Waals surface area contributed by atoms with Crippen molar-refractivity contribution in [2.75, 3.05) is 32.0 Å². The Bertz CT molecular complexity index is 478. The van der Waals surface area contributed by atoms with Gasteiger partial charge in [0.05, 0.1) is 11.3 Å². The SMILES string of the molecule is CCNc1c(F)cccc1C(=O)NCC1CCCN1C. The van der Waals surface area contributed by atoms with Gasteiger partial charge in [0.1, 0.15) is 5.82 Å². The number of carbonyl (C=O) groups is 1. The number of hydrogen-bond acceptors (Lipinski definition) is 3. The second kappa shape index (κ2) is 6.70. The Kier molecular flexibility index (Phi) is 4.95. The van der Waals surface area contributed by atoms with Crippen LogP contribution in [0.2, 0.25) is 0 Å². The predicted octanol–water partition coefficient (Wildman–Crippen LogP) is 2.08. The molecule has 1 aromatic rings. The van der Waals surface area contributed by atoms with Gasteiger partial charge in [0.25, 0.3) is 5.91 Å². The Morgan fingerprint density at radius 2 is 2.30 bits per heavy atom. The number of hydrogen-bond donors (Lipinski definition) is 2. The molecule has 0 saturated carbocycles. The fourth-order valence-electron chi connectivity index (χ4n) is 2.61. The number of halogens is 1. The summed E-state index contributed by atoms with van der Waals surface area (Å²) in [7, 11) is 2.07. The molecule has 0 aromatic heterocycles. The summed E-state index contributed by atoms with van der Waals surface area (Å²) in [6, 6.07) is 4.95. The topological polar surface area (TPSA) is 44.4 Å². The zero-order valence-electron chi connectivity index (χ0n) is 12.1. The summed E-state index contributed by atoms with van der Waals surface area (Å²) in [5.74, 6) is -0.613. The quantitative estimate of drug-likeness (QED) is 0.867. The van der Waals surface area contributed by atoms with Crippen molar-refractivity contribution in [1.82, 2.24) is 10.2 Å². The molecule has 1 aliphatic rings. The number of likely N-dealkylation sites (N-methyl/N-ethyl adjacent to an activating group) is 1. The summed E-state index contributed by atoms with van der Waals surface area (Å²) in [6.45, 7) is 4.13. The van der Waals surface area contributed by atoms with Crippen LogP contribution >= 0.6 is 0 Å². The van der Waals surface area contributed by atoms with Gasteiger partial charge in [-0.1, -0.05) is 6.07 Å². The molecule has 2 rings (SSSR count). The number of nitrogens with zero attached hydrogens (tertiary/aromatic N) is 1. The van der Waals surface area contributed by atoms with E-state index in [4.69, 9.17) is 0 Å². The highest BCUT2D eigenvalue weighted by Gasteiger charge is 2.22. The molecule has 1 saturated heterocycles. The number of para-hydroxylation sites is 1. The van der Waals surface area contributed by atoms with Gasteiger partial charge < -0.3 is 15.5 Å². The maximum absolute atomic E-state index is 13.7. The van der Waals surface area contributed by atoms with Crippen LogP contribution in [0.4, 0.5) is 10.1 Å². The fourth-order valence-corrected chi connectivity index (χ4v) is 2.61. The molecule has 0 spiro atoms. The van der Waals surface area contributed by atoms with Crippen LogP contribution in [0.3, 0.4) is 0 Å². The van der Waals surface area contributed by atoms with Crippen LogP contribution < -0.4 is 10.6 Å². The number of anilines is 1. The zero-order chi connectivity index (χ0) is 14.5. The fraction of sp³-hybridized carbons (Fsp3) is 0.533. The molecule has 110 valence electrons. The lowest BCUT2D eigenvalue weighted by Crippen LogP contribution is -2.38. The second-order valence-corrected chi connectivity index (χ2v) is 5.18. The molecule has 1 aromatic carbocycles. The van der Waals surface area contributed by atoms with Crippen LogP contribution in [0.1, 0.15) is 30.1 Å². The standard InChI is InChI=1S/C15H22FN3O/c1-3-17-14-12(7-4-8-13(14)16)15(20)18-10-11-6-5-9-19(11)2/h4,7-8,11,17H,3,5-6,9-10H2,1-2H3,(H,18,20). The van der Waals surface area contributed by atoms with Crippen LogP contribution in [-0.4, -0.2) is 43.5 Å². The van der Waals surface area contributed by atoms with E-state index in [1.807, 2.05) is 6.92 Å². The van der Waals surface area contributed by atoms with Crippen molar-refractivity contribution in [3.8, 4) is 0 Å². The van der Waals surface area contributed by atoms with E-state index in [2.05, 4.69) is 22.6 Å².